The molecule has 0 heterocycles. The maximum atomic E-state index is 12.0. The van der Waals surface area contributed by atoms with Crippen LogP contribution in [0, 0.1) is 6.92 Å². The number of hydrogen-bond donors (Lipinski definition) is 1. The fourth-order valence-electron chi connectivity index (χ4n) is 3.22. The molecule has 28 heavy (non-hydrogen) atoms. The molecule has 0 unspecified atom stereocenters. The van der Waals surface area contributed by atoms with Crippen LogP contribution in [0.5, 0.6) is 5.75 Å². The third-order valence-electron chi connectivity index (χ3n) is 4.89. The van der Waals surface area contributed by atoms with Crippen molar-refractivity contribution in [3.05, 3.63) is 29.3 Å². The van der Waals surface area contributed by atoms with Crippen molar-refractivity contribution in [2.75, 3.05) is 13.2 Å². The van der Waals surface area contributed by atoms with Gasteiger partial charge < -0.3 is 14.6 Å². The number of aromatic hydroxyl groups is 1. The summed E-state index contributed by atoms with van der Waals surface area (Å²) >= 11 is 0. The van der Waals surface area contributed by atoms with E-state index in [0.717, 1.165) is 31.2 Å². The zero-order valence-electron chi connectivity index (χ0n) is 17.3. The predicted molar refractivity (Wildman–Crippen MR) is 111 cm³/mol. The lowest BCUT2D eigenvalue weighted by molar-refractivity contribution is -0.128. The minimum absolute atomic E-state index is 0.162. The first-order valence-electron chi connectivity index (χ1n) is 10.7. The molecule has 0 atom stereocenters. The van der Waals surface area contributed by atoms with Gasteiger partial charge in [0.25, 0.3) is 6.47 Å². The fraction of sp³-hybridized carbons (Fsp3) is 0.652. The zero-order chi connectivity index (χ0) is 20.5. The van der Waals surface area contributed by atoms with Gasteiger partial charge in [0.2, 0.25) is 0 Å². The van der Waals surface area contributed by atoms with E-state index in [0.29, 0.717) is 25.2 Å². The number of ether oxygens (including phenoxy) is 2. The maximum absolute atomic E-state index is 12.0. The topological polar surface area (TPSA) is 72.8 Å². The highest BCUT2D eigenvalue weighted by Gasteiger charge is 2.10. The third kappa shape index (κ3) is 11.6. The van der Waals surface area contributed by atoms with E-state index in [4.69, 9.17) is 4.74 Å². The Balaban J connectivity index is 1.86. The normalized spacial score (nSPS) is 10.6. The Kier molecular flexibility index (Phi) is 13.7. The van der Waals surface area contributed by atoms with Crippen LogP contribution in [0.25, 0.3) is 0 Å². The van der Waals surface area contributed by atoms with Crippen molar-refractivity contribution in [2.45, 2.75) is 84.0 Å². The van der Waals surface area contributed by atoms with Gasteiger partial charge in [-0.2, -0.15) is 0 Å². The molecule has 1 N–H and O–H groups in total. The van der Waals surface area contributed by atoms with Gasteiger partial charge in [0, 0.05) is 0 Å². The maximum Gasteiger partial charge on any atom is 0.338 e. The number of phenolic OH excluding ortho intramolecular Hbond substituents is 1. The Morgan fingerprint density at radius 3 is 1.86 bits per heavy atom. The van der Waals surface area contributed by atoms with Gasteiger partial charge >= 0.3 is 5.97 Å². The average Bonchev–Trinajstić information content (AvgIpc) is 2.67. The first-order valence-corrected chi connectivity index (χ1v) is 10.7. The van der Waals surface area contributed by atoms with Crippen LogP contribution in [0.4, 0.5) is 0 Å². The molecule has 5 nitrogen and oxygen atoms in total. The summed E-state index contributed by atoms with van der Waals surface area (Å²) in [4.78, 5) is 22.0. The standard InChI is InChI=1S/C23H36O5/c1-20-18-21(25)14-15-22(20)23(26)28-17-13-11-9-7-5-3-2-4-6-8-10-12-16-27-19-24/h14-15,18-19,25H,2-13,16-17H2,1H3. The van der Waals surface area contributed by atoms with Crippen molar-refractivity contribution in [2.24, 2.45) is 0 Å². The summed E-state index contributed by atoms with van der Waals surface area (Å²) in [5.41, 5.74) is 1.25. The zero-order valence-corrected chi connectivity index (χ0v) is 17.3. The van der Waals surface area contributed by atoms with Crippen molar-refractivity contribution < 1.29 is 24.2 Å². The monoisotopic (exact) mass is 392 g/mol. The number of benzene rings is 1. The molecule has 0 amide bonds. The second kappa shape index (κ2) is 16.0. The number of esters is 1. The van der Waals surface area contributed by atoms with Crippen LogP contribution in [-0.2, 0) is 14.3 Å². The molecule has 0 fully saturated rings. The van der Waals surface area contributed by atoms with E-state index in [-0.39, 0.29) is 11.7 Å². The van der Waals surface area contributed by atoms with Gasteiger partial charge in [-0.1, -0.05) is 64.2 Å². The lowest BCUT2D eigenvalue weighted by Gasteiger charge is -2.07. The number of rotatable bonds is 17. The van der Waals surface area contributed by atoms with E-state index in [1.165, 1.54) is 57.4 Å². The van der Waals surface area contributed by atoms with Gasteiger partial charge in [-0.3, -0.25) is 4.79 Å². The van der Waals surface area contributed by atoms with Crippen LogP contribution in [0.2, 0.25) is 0 Å². The predicted octanol–water partition coefficient (Wildman–Crippen LogP) is 5.71. The molecule has 1 rings (SSSR count). The summed E-state index contributed by atoms with van der Waals surface area (Å²) in [6, 6.07) is 4.69. The van der Waals surface area contributed by atoms with Gasteiger partial charge in [0.05, 0.1) is 18.8 Å². The highest BCUT2D eigenvalue weighted by atomic mass is 16.5. The SMILES string of the molecule is Cc1cc(O)ccc1C(=O)OCCCCCCCCCCCCCCOC=O. The minimum atomic E-state index is -0.311. The van der Waals surface area contributed by atoms with Gasteiger partial charge in [0.15, 0.2) is 0 Å². The van der Waals surface area contributed by atoms with Crippen molar-refractivity contribution in [3.8, 4) is 5.75 Å². The molecule has 0 aliphatic rings. The molecule has 0 saturated carbocycles. The largest absolute Gasteiger partial charge is 0.508 e. The second-order valence-electron chi connectivity index (χ2n) is 7.34. The van der Waals surface area contributed by atoms with E-state index < -0.39 is 0 Å². The number of carbonyl (C=O) groups is 2. The van der Waals surface area contributed by atoms with E-state index >= 15 is 0 Å². The van der Waals surface area contributed by atoms with Crippen molar-refractivity contribution in [1.82, 2.24) is 0 Å². The van der Waals surface area contributed by atoms with Gasteiger partial charge in [-0.15, -0.1) is 0 Å². The number of carbonyl (C=O) groups excluding carboxylic acids is 2. The first kappa shape index (κ1) is 24.0. The Bertz CT molecular complexity index is 556. The molecule has 0 aromatic heterocycles. The molecule has 1 aromatic carbocycles. The van der Waals surface area contributed by atoms with E-state index in [1.807, 2.05) is 0 Å². The number of unbranched alkanes of at least 4 members (excludes halogenated alkanes) is 11. The molecule has 0 spiro atoms. The Morgan fingerprint density at radius 2 is 1.36 bits per heavy atom. The van der Waals surface area contributed by atoms with Crippen LogP contribution < -0.4 is 0 Å². The molecule has 0 aliphatic carbocycles. The summed E-state index contributed by atoms with van der Waals surface area (Å²) in [6.45, 7) is 3.32. The molecule has 5 heteroatoms. The van der Waals surface area contributed by atoms with Crippen LogP contribution in [0.3, 0.4) is 0 Å². The van der Waals surface area contributed by atoms with Crippen LogP contribution in [0.1, 0.15) is 93.0 Å². The fourth-order valence-corrected chi connectivity index (χ4v) is 3.22. The molecule has 0 radical (unpaired) electrons. The number of hydrogen-bond acceptors (Lipinski definition) is 5. The van der Waals surface area contributed by atoms with Crippen molar-refractivity contribution in [1.29, 1.82) is 0 Å². The highest BCUT2D eigenvalue weighted by Crippen LogP contribution is 2.17. The van der Waals surface area contributed by atoms with Crippen LogP contribution in [-0.4, -0.2) is 30.8 Å². The smallest absolute Gasteiger partial charge is 0.338 e. The molecule has 0 saturated heterocycles. The lowest BCUT2D eigenvalue weighted by Crippen LogP contribution is -2.08. The van der Waals surface area contributed by atoms with Gasteiger partial charge in [-0.05, 0) is 43.5 Å². The number of phenols is 1. The molecule has 0 aliphatic heterocycles. The summed E-state index contributed by atoms with van der Waals surface area (Å²) in [5, 5.41) is 9.38. The van der Waals surface area contributed by atoms with Crippen molar-refractivity contribution >= 4 is 12.4 Å². The van der Waals surface area contributed by atoms with Crippen molar-refractivity contribution in [3.63, 3.8) is 0 Å². The van der Waals surface area contributed by atoms with E-state index in [2.05, 4.69) is 4.74 Å². The summed E-state index contributed by atoms with van der Waals surface area (Å²) in [7, 11) is 0. The Labute approximate surface area is 169 Å². The summed E-state index contributed by atoms with van der Waals surface area (Å²) in [6.07, 6.45) is 14.2. The van der Waals surface area contributed by atoms with Gasteiger partial charge in [0.1, 0.15) is 5.75 Å². The molecule has 0 bridgehead atoms. The minimum Gasteiger partial charge on any atom is -0.508 e. The molecule has 1 aromatic rings. The number of aryl methyl sites for hydroxylation is 1. The average molecular weight is 393 g/mol. The Morgan fingerprint density at radius 1 is 0.857 bits per heavy atom. The van der Waals surface area contributed by atoms with E-state index in [9.17, 15) is 14.7 Å². The lowest BCUT2D eigenvalue weighted by atomic mass is 10.1. The molecular weight excluding hydrogens is 356 g/mol. The van der Waals surface area contributed by atoms with Crippen LogP contribution >= 0.6 is 0 Å². The van der Waals surface area contributed by atoms with Gasteiger partial charge in [-0.25, -0.2) is 4.79 Å². The quantitative estimate of drug-likeness (QED) is 0.209. The highest BCUT2D eigenvalue weighted by molar-refractivity contribution is 5.91. The Hall–Kier alpha value is -2.04. The second-order valence-corrected chi connectivity index (χ2v) is 7.34. The van der Waals surface area contributed by atoms with Crippen LogP contribution in [0.15, 0.2) is 18.2 Å². The summed E-state index contributed by atoms with van der Waals surface area (Å²) < 4.78 is 9.98. The first-order chi connectivity index (χ1) is 13.6. The molecule has 158 valence electrons. The summed E-state index contributed by atoms with van der Waals surface area (Å²) in [5.74, 6) is -0.149. The van der Waals surface area contributed by atoms with E-state index in [1.54, 1.807) is 19.1 Å². The third-order valence-corrected chi connectivity index (χ3v) is 4.89. The molecular formula is C23H36O5.